The summed E-state index contributed by atoms with van der Waals surface area (Å²) >= 11 is 0. The van der Waals surface area contributed by atoms with E-state index in [1.807, 2.05) is 44.2 Å². The van der Waals surface area contributed by atoms with E-state index >= 15 is 0 Å². The van der Waals surface area contributed by atoms with Crippen LogP contribution in [0.25, 0.3) is 5.76 Å². The Morgan fingerprint density at radius 2 is 1.72 bits per heavy atom. The van der Waals surface area contributed by atoms with Gasteiger partial charge in [-0.1, -0.05) is 44.2 Å². The smallest absolute Gasteiger partial charge is 0.300 e. The van der Waals surface area contributed by atoms with E-state index in [0.717, 1.165) is 29.5 Å². The van der Waals surface area contributed by atoms with Crippen LogP contribution in [0.4, 0.5) is 5.69 Å². The standard InChI is InChI=1S/C30H31NO5/c1-5-16-36-24-9-7-8-22(18-24)31-27(21-12-10-20(6-2)11-13-21)26(29(33)30(31)34)28(32)25-15-14-23(35-4)17-19(25)3/h7-15,17-18,27,32H,5-6,16H2,1-4H3/b28-26-. The predicted molar refractivity (Wildman–Crippen MR) is 141 cm³/mol. The summed E-state index contributed by atoms with van der Waals surface area (Å²) in [5.41, 5.74) is 3.66. The molecule has 6 heteroatoms. The molecule has 0 aromatic heterocycles. The molecule has 3 aromatic rings. The van der Waals surface area contributed by atoms with E-state index in [4.69, 9.17) is 9.47 Å². The minimum absolute atomic E-state index is 0.0531. The van der Waals surface area contributed by atoms with Crippen molar-refractivity contribution in [1.29, 1.82) is 0 Å². The maximum absolute atomic E-state index is 13.4. The van der Waals surface area contributed by atoms with Gasteiger partial charge in [-0.25, -0.2) is 0 Å². The topological polar surface area (TPSA) is 76.1 Å². The highest BCUT2D eigenvalue weighted by atomic mass is 16.5. The summed E-state index contributed by atoms with van der Waals surface area (Å²) in [5.74, 6) is -0.381. The number of benzene rings is 3. The molecular weight excluding hydrogens is 454 g/mol. The molecule has 0 radical (unpaired) electrons. The van der Waals surface area contributed by atoms with Crippen LogP contribution < -0.4 is 14.4 Å². The largest absolute Gasteiger partial charge is 0.507 e. The van der Waals surface area contributed by atoms with Crippen LogP contribution in [0.2, 0.25) is 0 Å². The van der Waals surface area contributed by atoms with Gasteiger partial charge in [0.25, 0.3) is 11.7 Å². The number of ether oxygens (including phenoxy) is 2. The van der Waals surface area contributed by atoms with Crippen molar-refractivity contribution in [3.8, 4) is 11.5 Å². The molecular formula is C30H31NO5. The number of aliphatic hydroxyl groups is 1. The third-order valence-electron chi connectivity index (χ3n) is 6.41. The second kappa shape index (κ2) is 10.7. The number of rotatable bonds is 8. The fraction of sp³-hybridized carbons (Fsp3) is 0.267. The van der Waals surface area contributed by atoms with Gasteiger partial charge < -0.3 is 14.6 Å². The molecule has 1 atom stereocenters. The minimum Gasteiger partial charge on any atom is -0.507 e. The second-order valence-corrected chi connectivity index (χ2v) is 8.79. The van der Waals surface area contributed by atoms with Crippen LogP contribution in [-0.2, 0) is 16.0 Å². The molecule has 1 amide bonds. The molecule has 0 saturated carbocycles. The molecule has 0 bridgehead atoms. The van der Waals surface area contributed by atoms with Crippen molar-refractivity contribution in [3.63, 3.8) is 0 Å². The maximum atomic E-state index is 13.4. The van der Waals surface area contributed by atoms with Crippen LogP contribution in [0.15, 0.2) is 72.3 Å². The van der Waals surface area contributed by atoms with Crippen molar-refractivity contribution in [2.75, 3.05) is 18.6 Å². The van der Waals surface area contributed by atoms with E-state index in [2.05, 4.69) is 6.92 Å². The lowest BCUT2D eigenvalue weighted by Crippen LogP contribution is -2.29. The Kier molecular flexibility index (Phi) is 7.44. The van der Waals surface area contributed by atoms with Gasteiger partial charge in [-0.15, -0.1) is 0 Å². The third kappa shape index (κ3) is 4.71. The van der Waals surface area contributed by atoms with Crippen LogP contribution >= 0.6 is 0 Å². The molecule has 1 aliphatic rings. The summed E-state index contributed by atoms with van der Waals surface area (Å²) in [5, 5.41) is 11.4. The summed E-state index contributed by atoms with van der Waals surface area (Å²) in [6, 6.07) is 19.3. The summed E-state index contributed by atoms with van der Waals surface area (Å²) in [7, 11) is 1.57. The number of methoxy groups -OCH3 is 1. The number of carbonyl (C=O) groups is 2. The molecule has 6 nitrogen and oxygen atoms in total. The summed E-state index contributed by atoms with van der Waals surface area (Å²) in [6.45, 7) is 6.45. The highest BCUT2D eigenvalue weighted by molar-refractivity contribution is 6.51. The SMILES string of the molecule is CCCOc1cccc(N2C(=O)C(=O)/C(=C(\O)c3ccc(OC)cc3C)C2c2ccc(CC)cc2)c1. The Morgan fingerprint density at radius 3 is 2.36 bits per heavy atom. The molecule has 0 spiro atoms. The molecule has 36 heavy (non-hydrogen) atoms. The number of amides is 1. The van der Waals surface area contributed by atoms with Crippen LogP contribution in [0.5, 0.6) is 11.5 Å². The number of nitrogens with zero attached hydrogens (tertiary/aromatic N) is 1. The van der Waals surface area contributed by atoms with Gasteiger partial charge in [-0.3, -0.25) is 14.5 Å². The zero-order chi connectivity index (χ0) is 25.8. The van der Waals surface area contributed by atoms with Gasteiger partial charge >= 0.3 is 0 Å². The molecule has 1 aliphatic heterocycles. The van der Waals surface area contributed by atoms with E-state index in [1.165, 1.54) is 4.90 Å². The number of aryl methyl sites for hydroxylation is 2. The first-order valence-electron chi connectivity index (χ1n) is 12.2. The molecule has 1 heterocycles. The quantitative estimate of drug-likeness (QED) is 0.241. The van der Waals surface area contributed by atoms with Crippen LogP contribution in [0.3, 0.4) is 0 Å². The Balaban J connectivity index is 1.90. The number of aliphatic hydroxyl groups excluding tert-OH is 1. The van der Waals surface area contributed by atoms with Gasteiger partial charge in [-0.2, -0.15) is 0 Å². The Bertz CT molecular complexity index is 1310. The highest BCUT2D eigenvalue weighted by Gasteiger charge is 2.47. The summed E-state index contributed by atoms with van der Waals surface area (Å²) < 4.78 is 11.1. The number of carbonyl (C=O) groups excluding carboxylic acids is 2. The van der Waals surface area contributed by atoms with Gasteiger partial charge in [0, 0.05) is 17.3 Å². The normalized spacial score (nSPS) is 16.9. The average Bonchev–Trinajstić information content (AvgIpc) is 3.17. The first-order valence-corrected chi connectivity index (χ1v) is 12.2. The van der Waals surface area contributed by atoms with Gasteiger partial charge in [0.05, 0.1) is 25.3 Å². The average molecular weight is 486 g/mol. The first-order chi connectivity index (χ1) is 17.4. The van der Waals surface area contributed by atoms with Crippen molar-refractivity contribution in [1.82, 2.24) is 0 Å². The van der Waals surface area contributed by atoms with E-state index in [0.29, 0.717) is 29.4 Å². The number of ketones is 1. The molecule has 3 aromatic carbocycles. The van der Waals surface area contributed by atoms with Gasteiger partial charge in [-0.05, 0) is 66.8 Å². The zero-order valence-corrected chi connectivity index (χ0v) is 21.1. The van der Waals surface area contributed by atoms with Crippen LogP contribution in [0, 0.1) is 6.92 Å². The Hall–Kier alpha value is -4.06. The monoisotopic (exact) mass is 485 g/mol. The van der Waals surface area contributed by atoms with E-state index in [1.54, 1.807) is 43.5 Å². The number of hydrogen-bond donors (Lipinski definition) is 1. The predicted octanol–water partition coefficient (Wildman–Crippen LogP) is 5.98. The van der Waals surface area contributed by atoms with Crippen molar-refractivity contribution < 1.29 is 24.2 Å². The third-order valence-corrected chi connectivity index (χ3v) is 6.41. The first kappa shape index (κ1) is 25.0. The summed E-state index contributed by atoms with van der Waals surface area (Å²) in [6.07, 6.45) is 1.71. The molecule has 186 valence electrons. The number of Topliss-reactive ketones (excluding diaryl/α,β-unsaturated/α-hetero) is 1. The van der Waals surface area contributed by atoms with Crippen molar-refractivity contribution in [2.45, 2.75) is 39.7 Å². The molecule has 4 rings (SSSR count). The lowest BCUT2D eigenvalue weighted by molar-refractivity contribution is -0.132. The van der Waals surface area contributed by atoms with Gasteiger partial charge in [0.15, 0.2) is 0 Å². The van der Waals surface area contributed by atoms with Crippen molar-refractivity contribution in [3.05, 3.63) is 94.6 Å². The molecule has 1 fully saturated rings. The Morgan fingerprint density at radius 1 is 0.972 bits per heavy atom. The minimum atomic E-state index is -0.793. The van der Waals surface area contributed by atoms with Crippen LogP contribution in [0.1, 0.15) is 48.6 Å². The lowest BCUT2D eigenvalue weighted by Gasteiger charge is -2.26. The van der Waals surface area contributed by atoms with Crippen molar-refractivity contribution in [2.24, 2.45) is 0 Å². The van der Waals surface area contributed by atoms with Gasteiger partial charge in [0.1, 0.15) is 17.3 Å². The van der Waals surface area contributed by atoms with E-state index in [9.17, 15) is 14.7 Å². The Labute approximate surface area is 211 Å². The van der Waals surface area contributed by atoms with E-state index < -0.39 is 17.7 Å². The zero-order valence-electron chi connectivity index (χ0n) is 21.1. The van der Waals surface area contributed by atoms with Crippen LogP contribution in [-0.4, -0.2) is 30.5 Å². The van der Waals surface area contributed by atoms with E-state index in [-0.39, 0.29) is 11.3 Å². The maximum Gasteiger partial charge on any atom is 0.300 e. The molecule has 1 unspecified atom stereocenters. The lowest BCUT2D eigenvalue weighted by atomic mass is 9.93. The molecule has 0 aliphatic carbocycles. The highest BCUT2D eigenvalue weighted by Crippen LogP contribution is 2.43. The fourth-order valence-electron chi connectivity index (χ4n) is 4.47. The van der Waals surface area contributed by atoms with Gasteiger partial charge in [0.2, 0.25) is 0 Å². The van der Waals surface area contributed by atoms with Crippen molar-refractivity contribution >= 4 is 23.1 Å². The molecule has 1 saturated heterocycles. The fourth-order valence-corrected chi connectivity index (χ4v) is 4.47. The number of hydrogen-bond acceptors (Lipinski definition) is 5. The summed E-state index contributed by atoms with van der Waals surface area (Å²) in [4.78, 5) is 28.3. The number of anilines is 1. The second-order valence-electron chi connectivity index (χ2n) is 8.79. The molecule has 1 N–H and O–H groups in total.